The van der Waals surface area contributed by atoms with Gasteiger partial charge in [0.25, 0.3) is 0 Å². The molecule has 0 nitrogen and oxygen atoms in total. The molecule has 2 aromatic rings. The molecule has 0 N–H and O–H groups in total. The summed E-state index contributed by atoms with van der Waals surface area (Å²) in [5.74, 6) is 2.49. The molecule has 2 heteroatoms. The lowest BCUT2D eigenvalue weighted by Crippen LogP contribution is -2.07. The molecule has 0 spiro atoms. The van der Waals surface area contributed by atoms with E-state index in [9.17, 15) is 0 Å². The maximum Gasteiger partial charge on any atom is 0.0456 e. The summed E-state index contributed by atoms with van der Waals surface area (Å²) in [5, 5.41) is 1.06. The summed E-state index contributed by atoms with van der Waals surface area (Å²) >= 11 is 4.28. The van der Waals surface area contributed by atoms with Gasteiger partial charge in [0.1, 0.15) is 0 Å². The summed E-state index contributed by atoms with van der Waals surface area (Å²) < 4.78 is 0. The van der Waals surface area contributed by atoms with Crippen molar-refractivity contribution in [3.8, 4) is 0 Å². The first-order chi connectivity index (χ1) is 11.9. The molecule has 0 saturated carbocycles. The van der Waals surface area contributed by atoms with Gasteiger partial charge in [-0.25, -0.2) is 0 Å². The number of rotatable bonds is 11. The average Bonchev–Trinajstić information content (AvgIpc) is 2.65. The minimum atomic E-state index is 0.530. The molecular weight excluding hydrogens is 328 g/mol. The van der Waals surface area contributed by atoms with Gasteiger partial charge in [-0.15, -0.1) is 0 Å². The van der Waals surface area contributed by atoms with E-state index in [0.29, 0.717) is 10.5 Å². The minimum absolute atomic E-state index is 0.530. The SMILES string of the molecule is CCCCSC(c1ccccc1)C(SCCCC)c1ccccc1. The third-order valence-corrected chi connectivity index (χ3v) is 7.15. The van der Waals surface area contributed by atoms with Gasteiger partial charge in [0.05, 0.1) is 0 Å². The van der Waals surface area contributed by atoms with Gasteiger partial charge in [0.15, 0.2) is 0 Å². The smallest absolute Gasteiger partial charge is 0.0456 e. The van der Waals surface area contributed by atoms with Crippen LogP contribution in [0.15, 0.2) is 60.7 Å². The monoisotopic (exact) mass is 358 g/mol. The number of unbranched alkanes of at least 4 members (excludes halogenated alkanes) is 2. The quantitative estimate of drug-likeness (QED) is 0.381. The second-order valence-electron chi connectivity index (χ2n) is 6.11. The van der Waals surface area contributed by atoms with Crippen molar-refractivity contribution < 1.29 is 0 Å². The van der Waals surface area contributed by atoms with Gasteiger partial charge in [-0.05, 0) is 35.5 Å². The third kappa shape index (κ3) is 6.22. The normalized spacial score (nSPS) is 13.6. The van der Waals surface area contributed by atoms with Crippen molar-refractivity contribution in [1.82, 2.24) is 0 Å². The van der Waals surface area contributed by atoms with Gasteiger partial charge >= 0.3 is 0 Å². The van der Waals surface area contributed by atoms with Crippen LogP contribution in [0.2, 0.25) is 0 Å². The lowest BCUT2D eigenvalue weighted by Gasteiger charge is -2.27. The second kappa shape index (κ2) is 11.7. The van der Waals surface area contributed by atoms with Gasteiger partial charge in [-0.2, -0.15) is 23.5 Å². The summed E-state index contributed by atoms with van der Waals surface area (Å²) in [6.07, 6.45) is 5.14. The predicted octanol–water partition coefficient (Wildman–Crippen LogP) is 7.54. The Morgan fingerprint density at radius 1 is 0.625 bits per heavy atom. The topological polar surface area (TPSA) is 0 Å². The maximum atomic E-state index is 2.31. The Bertz CT molecular complexity index is 487. The second-order valence-corrected chi connectivity index (χ2v) is 8.61. The zero-order valence-electron chi connectivity index (χ0n) is 15.0. The fourth-order valence-corrected chi connectivity index (χ4v) is 5.96. The highest BCUT2D eigenvalue weighted by molar-refractivity contribution is 8.03. The van der Waals surface area contributed by atoms with Crippen LogP contribution in [0.5, 0.6) is 0 Å². The molecule has 0 fully saturated rings. The van der Waals surface area contributed by atoms with Crippen LogP contribution in [0.25, 0.3) is 0 Å². The highest BCUT2D eigenvalue weighted by atomic mass is 32.2. The van der Waals surface area contributed by atoms with E-state index in [1.165, 1.54) is 48.3 Å². The van der Waals surface area contributed by atoms with Crippen LogP contribution in [-0.4, -0.2) is 11.5 Å². The molecule has 2 rings (SSSR count). The Labute approximate surface area is 156 Å². The van der Waals surface area contributed by atoms with E-state index in [1.54, 1.807) is 0 Å². The van der Waals surface area contributed by atoms with Gasteiger partial charge in [-0.3, -0.25) is 0 Å². The molecule has 0 aliphatic rings. The van der Waals surface area contributed by atoms with Crippen LogP contribution >= 0.6 is 23.5 Å². The summed E-state index contributed by atoms with van der Waals surface area (Å²) in [4.78, 5) is 0. The van der Waals surface area contributed by atoms with Crippen LogP contribution < -0.4 is 0 Å². The molecule has 0 saturated heterocycles. The van der Waals surface area contributed by atoms with Crippen LogP contribution in [0, 0.1) is 0 Å². The molecule has 0 heterocycles. The van der Waals surface area contributed by atoms with Gasteiger partial charge in [-0.1, -0.05) is 87.4 Å². The Morgan fingerprint density at radius 3 is 1.33 bits per heavy atom. The van der Waals surface area contributed by atoms with E-state index in [2.05, 4.69) is 98.0 Å². The molecule has 0 aliphatic heterocycles. The van der Waals surface area contributed by atoms with Crippen LogP contribution in [0.1, 0.15) is 61.2 Å². The van der Waals surface area contributed by atoms with Crippen LogP contribution in [0.4, 0.5) is 0 Å². The van der Waals surface area contributed by atoms with Crippen molar-refractivity contribution in [1.29, 1.82) is 0 Å². The molecule has 2 atom stereocenters. The number of benzene rings is 2. The predicted molar refractivity (Wildman–Crippen MR) is 113 cm³/mol. The van der Waals surface area contributed by atoms with E-state index in [0.717, 1.165) is 0 Å². The largest absolute Gasteiger partial charge is 0.152 e. The third-order valence-electron chi connectivity index (χ3n) is 4.12. The Kier molecular flexibility index (Phi) is 9.45. The lowest BCUT2D eigenvalue weighted by atomic mass is 10.0. The highest BCUT2D eigenvalue weighted by Crippen LogP contribution is 2.48. The van der Waals surface area contributed by atoms with E-state index in [4.69, 9.17) is 0 Å². The fourth-order valence-electron chi connectivity index (χ4n) is 2.71. The molecule has 24 heavy (non-hydrogen) atoms. The number of hydrogen-bond donors (Lipinski definition) is 0. The molecule has 0 aromatic heterocycles. The average molecular weight is 359 g/mol. The summed E-state index contributed by atoms with van der Waals surface area (Å²) in [6.45, 7) is 4.56. The van der Waals surface area contributed by atoms with Crippen molar-refractivity contribution in [3.05, 3.63) is 71.8 Å². The van der Waals surface area contributed by atoms with E-state index >= 15 is 0 Å². The summed E-state index contributed by atoms with van der Waals surface area (Å²) in [6, 6.07) is 22.2. The zero-order chi connectivity index (χ0) is 17.0. The van der Waals surface area contributed by atoms with Crippen molar-refractivity contribution in [2.75, 3.05) is 11.5 Å². The highest BCUT2D eigenvalue weighted by Gasteiger charge is 2.25. The number of thioether (sulfide) groups is 2. The minimum Gasteiger partial charge on any atom is -0.152 e. The number of hydrogen-bond acceptors (Lipinski definition) is 2. The molecule has 2 aromatic carbocycles. The standard InChI is InChI=1S/C22H30S2/c1-3-5-17-23-21(19-13-9-7-10-14-19)22(24-18-6-4-2)20-15-11-8-12-16-20/h7-16,21-22H,3-6,17-18H2,1-2H3. The van der Waals surface area contributed by atoms with E-state index in [1.807, 2.05) is 0 Å². The first-order valence-electron chi connectivity index (χ1n) is 9.20. The van der Waals surface area contributed by atoms with Gasteiger partial charge < -0.3 is 0 Å². The van der Waals surface area contributed by atoms with Crippen molar-refractivity contribution in [2.24, 2.45) is 0 Å². The molecule has 0 radical (unpaired) electrons. The molecule has 130 valence electrons. The Balaban J connectivity index is 2.24. The molecule has 0 amide bonds. The van der Waals surface area contributed by atoms with Crippen molar-refractivity contribution in [2.45, 2.75) is 50.0 Å². The summed E-state index contributed by atoms with van der Waals surface area (Å²) in [7, 11) is 0. The first kappa shape index (κ1) is 19.5. The van der Waals surface area contributed by atoms with Gasteiger partial charge in [0, 0.05) is 10.5 Å². The molecule has 2 unspecified atom stereocenters. The fraction of sp³-hybridized carbons (Fsp3) is 0.455. The molecule has 0 aliphatic carbocycles. The molecular formula is C22H30S2. The van der Waals surface area contributed by atoms with Crippen LogP contribution in [0.3, 0.4) is 0 Å². The van der Waals surface area contributed by atoms with E-state index < -0.39 is 0 Å². The zero-order valence-corrected chi connectivity index (χ0v) is 16.6. The lowest BCUT2D eigenvalue weighted by molar-refractivity contribution is 0.860. The van der Waals surface area contributed by atoms with E-state index in [-0.39, 0.29) is 0 Å². The maximum absolute atomic E-state index is 2.31. The van der Waals surface area contributed by atoms with Crippen molar-refractivity contribution >= 4 is 23.5 Å². The summed E-state index contributed by atoms with van der Waals surface area (Å²) in [5.41, 5.74) is 2.94. The van der Waals surface area contributed by atoms with Crippen LogP contribution in [-0.2, 0) is 0 Å². The Morgan fingerprint density at radius 2 is 1.00 bits per heavy atom. The molecule has 0 bridgehead atoms. The Hall–Kier alpha value is -0.860. The van der Waals surface area contributed by atoms with Crippen molar-refractivity contribution in [3.63, 3.8) is 0 Å². The van der Waals surface area contributed by atoms with Gasteiger partial charge in [0.2, 0.25) is 0 Å². The first-order valence-corrected chi connectivity index (χ1v) is 11.3.